The summed E-state index contributed by atoms with van der Waals surface area (Å²) < 4.78 is 10.5. The van der Waals surface area contributed by atoms with Crippen molar-refractivity contribution in [2.75, 3.05) is 11.9 Å². The molecule has 0 saturated heterocycles. The first-order chi connectivity index (χ1) is 8.64. The minimum absolute atomic E-state index is 0.107. The van der Waals surface area contributed by atoms with Crippen LogP contribution in [0.3, 0.4) is 0 Å². The van der Waals surface area contributed by atoms with Gasteiger partial charge in [-0.05, 0) is 32.6 Å². The van der Waals surface area contributed by atoms with Crippen LogP contribution in [-0.4, -0.2) is 29.5 Å². The standard InChI is InChI=1S/C13H17BrO4/c1-2-17-11(15)10-9(8-14)13(18-12(10)16)6-4-3-5-7-13/h2-8H2,1H3. The average Bonchev–Trinajstić information content (AvgIpc) is 2.62. The molecule has 0 N–H and O–H groups in total. The van der Waals surface area contributed by atoms with Gasteiger partial charge in [-0.3, -0.25) is 0 Å². The van der Waals surface area contributed by atoms with Crippen LogP contribution in [0.2, 0.25) is 0 Å². The molecule has 0 aromatic carbocycles. The quantitative estimate of drug-likeness (QED) is 0.456. The summed E-state index contributed by atoms with van der Waals surface area (Å²) in [6, 6.07) is 0. The van der Waals surface area contributed by atoms with Crippen LogP contribution in [0.1, 0.15) is 39.0 Å². The van der Waals surface area contributed by atoms with E-state index in [1.807, 2.05) is 0 Å². The number of halogens is 1. The van der Waals surface area contributed by atoms with E-state index in [1.54, 1.807) is 6.92 Å². The number of hydrogen-bond acceptors (Lipinski definition) is 4. The van der Waals surface area contributed by atoms with Gasteiger partial charge in [0.2, 0.25) is 0 Å². The number of rotatable bonds is 3. The maximum atomic E-state index is 11.9. The molecule has 0 unspecified atom stereocenters. The van der Waals surface area contributed by atoms with Gasteiger partial charge >= 0.3 is 11.9 Å². The third-order valence-corrected chi connectivity index (χ3v) is 4.18. The van der Waals surface area contributed by atoms with Crippen LogP contribution < -0.4 is 0 Å². The van der Waals surface area contributed by atoms with Crippen LogP contribution in [0, 0.1) is 0 Å². The van der Waals surface area contributed by atoms with Gasteiger partial charge in [0.05, 0.1) is 6.61 Å². The van der Waals surface area contributed by atoms with Crippen LogP contribution in [0.5, 0.6) is 0 Å². The third kappa shape index (κ3) is 2.20. The summed E-state index contributed by atoms with van der Waals surface area (Å²) in [7, 11) is 0. The molecule has 0 aromatic heterocycles. The highest BCUT2D eigenvalue weighted by molar-refractivity contribution is 9.09. The van der Waals surface area contributed by atoms with E-state index in [9.17, 15) is 9.59 Å². The fraction of sp³-hybridized carbons (Fsp3) is 0.692. The van der Waals surface area contributed by atoms with E-state index >= 15 is 0 Å². The Morgan fingerprint density at radius 2 is 2.06 bits per heavy atom. The van der Waals surface area contributed by atoms with Crippen molar-refractivity contribution in [3.05, 3.63) is 11.1 Å². The molecule has 0 atom stereocenters. The van der Waals surface area contributed by atoms with Crippen molar-refractivity contribution in [2.45, 2.75) is 44.6 Å². The summed E-state index contributed by atoms with van der Waals surface area (Å²) in [5.74, 6) is -1.08. The Bertz CT molecular complexity index is 394. The zero-order chi connectivity index (χ0) is 13.2. The summed E-state index contributed by atoms with van der Waals surface area (Å²) in [6.07, 6.45) is 4.83. The van der Waals surface area contributed by atoms with Crippen LogP contribution in [0.15, 0.2) is 11.1 Å². The monoisotopic (exact) mass is 316 g/mol. The zero-order valence-electron chi connectivity index (χ0n) is 10.5. The molecule has 2 rings (SSSR count). The van der Waals surface area contributed by atoms with Gasteiger partial charge in [-0.25, -0.2) is 9.59 Å². The van der Waals surface area contributed by atoms with Crippen LogP contribution in [0.4, 0.5) is 0 Å². The van der Waals surface area contributed by atoms with Crippen LogP contribution >= 0.6 is 15.9 Å². The maximum absolute atomic E-state index is 11.9. The molecule has 1 aliphatic heterocycles. The first-order valence-corrected chi connectivity index (χ1v) is 7.47. The molecular formula is C13H17BrO4. The van der Waals surface area contributed by atoms with Gasteiger partial charge in [-0.2, -0.15) is 0 Å². The third-order valence-electron chi connectivity index (χ3n) is 3.62. The Balaban J connectivity index is 2.36. The molecular weight excluding hydrogens is 300 g/mol. The molecule has 4 nitrogen and oxygen atoms in total. The molecule has 100 valence electrons. The van der Waals surface area contributed by atoms with Crippen molar-refractivity contribution in [2.24, 2.45) is 0 Å². The minimum Gasteiger partial charge on any atom is -0.462 e. The Morgan fingerprint density at radius 1 is 1.39 bits per heavy atom. The second kappa shape index (κ2) is 5.43. The molecule has 2 aliphatic rings. The number of ether oxygens (including phenoxy) is 2. The van der Waals surface area contributed by atoms with Gasteiger partial charge in [0.25, 0.3) is 0 Å². The summed E-state index contributed by atoms with van der Waals surface area (Å²) in [6.45, 7) is 1.99. The van der Waals surface area contributed by atoms with Gasteiger partial charge in [-0.1, -0.05) is 22.4 Å². The van der Waals surface area contributed by atoms with Crippen molar-refractivity contribution in [3.63, 3.8) is 0 Å². The van der Waals surface area contributed by atoms with Gasteiger partial charge in [-0.15, -0.1) is 0 Å². The second-order valence-corrected chi connectivity index (χ2v) is 5.21. The highest BCUT2D eigenvalue weighted by Gasteiger charge is 2.49. The van der Waals surface area contributed by atoms with Crippen molar-refractivity contribution >= 4 is 27.9 Å². The number of esters is 2. The summed E-state index contributed by atoms with van der Waals surface area (Å²) >= 11 is 3.38. The molecule has 0 radical (unpaired) electrons. The Kier molecular flexibility index (Phi) is 4.10. The van der Waals surface area contributed by atoms with Crippen LogP contribution in [-0.2, 0) is 19.1 Å². The van der Waals surface area contributed by atoms with E-state index in [2.05, 4.69) is 15.9 Å². The van der Waals surface area contributed by atoms with E-state index in [0.717, 1.165) is 37.7 Å². The highest BCUT2D eigenvalue weighted by Crippen LogP contribution is 2.44. The fourth-order valence-corrected chi connectivity index (χ4v) is 3.56. The number of carbonyl (C=O) groups excluding carboxylic acids is 2. The topological polar surface area (TPSA) is 52.6 Å². The smallest absolute Gasteiger partial charge is 0.346 e. The summed E-state index contributed by atoms with van der Waals surface area (Å²) in [5.41, 5.74) is 0.322. The van der Waals surface area contributed by atoms with E-state index in [4.69, 9.17) is 9.47 Å². The lowest BCUT2D eigenvalue weighted by Gasteiger charge is -2.34. The zero-order valence-corrected chi connectivity index (χ0v) is 12.0. The molecule has 1 aliphatic carbocycles. The maximum Gasteiger partial charge on any atom is 0.346 e. The molecule has 18 heavy (non-hydrogen) atoms. The second-order valence-electron chi connectivity index (χ2n) is 4.65. The first-order valence-electron chi connectivity index (χ1n) is 6.34. The highest BCUT2D eigenvalue weighted by atomic mass is 79.9. The largest absolute Gasteiger partial charge is 0.462 e. The molecule has 1 heterocycles. The molecule has 5 heteroatoms. The fourth-order valence-electron chi connectivity index (χ4n) is 2.77. The van der Waals surface area contributed by atoms with Crippen molar-refractivity contribution < 1.29 is 19.1 Å². The predicted molar refractivity (Wildman–Crippen MR) is 69.4 cm³/mol. The normalized spacial score (nSPS) is 22.2. The molecule has 0 aromatic rings. The lowest BCUT2D eigenvalue weighted by Crippen LogP contribution is -2.35. The van der Waals surface area contributed by atoms with Crippen molar-refractivity contribution in [1.29, 1.82) is 0 Å². The van der Waals surface area contributed by atoms with Gasteiger partial charge < -0.3 is 9.47 Å². The molecule has 0 bridgehead atoms. The Labute approximate surface area is 115 Å². The van der Waals surface area contributed by atoms with E-state index < -0.39 is 17.5 Å². The molecule has 1 spiro atoms. The number of carbonyl (C=O) groups is 2. The lowest BCUT2D eigenvalue weighted by atomic mass is 9.79. The van der Waals surface area contributed by atoms with Crippen molar-refractivity contribution in [3.8, 4) is 0 Å². The van der Waals surface area contributed by atoms with Gasteiger partial charge in [0.15, 0.2) is 0 Å². The van der Waals surface area contributed by atoms with E-state index in [1.165, 1.54) is 0 Å². The lowest BCUT2D eigenvalue weighted by molar-refractivity contribution is -0.152. The van der Waals surface area contributed by atoms with E-state index in [0.29, 0.717) is 5.33 Å². The molecule has 1 fully saturated rings. The molecule has 0 amide bonds. The summed E-state index contributed by atoms with van der Waals surface area (Å²) in [5, 5.41) is 0.479. The Morgan fingerprint density at radius 3 is 2.61 bits per heavy atom. The number of hydrogen-bond donors (Lipinski definition) is 0. The SMILES string of the molecule is CCOC(=O)C1=C(CBr)C2(CCCCC2)OC1=O. The Hall–Kier alpha value is -0.840. The predicted octanol–water partition coefficient (Wildman–Crippen LogP) is 2.50. The van der Waals surface area contributed by atoms with Gasteiger partial charge in [0.1, 0.15) is 11.2 Å². The van der Waals surface area contributed by atoms with Crippen molar-refractivity contribution in [1.82, 2.24) is 0 Å². The number of alkyl halides is 1. The summed E-state index contributed by atoms with van der Waals surface area (Å²) in [4.78, 5) is 23.8. The van der Waals surface area contributed by atoms with E-state index in [-0.39, 0.29) is 12.2 Å². The van der Waals surface area contributed by atoms with Crippen LogP contribution in [0.25, 0.3) is 0 Å². The minimum atomic E-state index is -0.556. The van der Waals surface area contributed by atoms with Gasteiger partial charge in [0, 0.05) is 10.9 Å². The first kappa shape index (κ1) is 13.6. The molecule has 1 saturated carbocycles. The average molecular weight is 317 g/mol.